The van der Waals surface area contributed by atoms with Crippen molar-refractivity contribution in [3.05, 3.63) is 66.0 Å². The summed E-state index contributed by atoms with van der Waals surface area (Å²) in [7, 11) is 0. The maximum atomic E-state index is 4.12. The fourth-order valence-corrected chi connectivity index (χ4v) is 2.98. The molecule has 0 amide bonds. The maximum absolute atomic E-state index is 4.12. The molecule has 2 unspecified atom stereocenters. The highest BCUT2D eigenvalue weighted by molar-refractivity contribution is 7.98. The van der Waals surface area contributed by atoms with Crippen LogP contribution in [0.1, 0.15) is 24.1 Å². The molecule has 0 spiro atoms. The second-order valence-electron chi connectivity index (χ2n) is 5.09. The molecule has 0 aliphatic rings. The van der Waals surface area contributed by atoms with Gasteiger partial charge < -0.3 is 5.32 Å². The molecule has 0 aliphatic heterocycles. The largest absolute Gasteiger partial charge is 0.306 e. The number of benzene rings is 1. The molecule has 1 N–H and O–H groups in total. The summed E-state index contributed by atoms with van der Waals surface area (Å²) in [5, 5.41) is 3.70. The third-order valence-corrected chi connectivity index (χ3v) is 4.20. The van der Waals surface area contributed by atoms with Gasteiger partial charge >= 0.3 is 0 Å². The lowest BCUT2D eigenvalue weighted by atomic mass is 9.99. The number of pyridine rings is 1. The minimum atomic E-state index is 0.239. The van der Waals surface area contributed by atoms with Gasteiger partial charge in [-0.25, -0.2) is 0 Å². The van der Waals surface area contributed by atoms with E-state index >= 15 is 0 Å². The van der Waals surface area contributed by atoms with Gasteiger partial charge in [-0.3, -0.25) is 4.98 Å². The van der Waals surface area contributed by atoms with E-state index in [0.717, 1.165) is 6.54 Å². The van der Waals surface area contributed by atoms with E-state index in [2.05, 4.69) is 65.9 Å². The molecule has 0 radical (unpaired) electrons. The first-order chi connectivity index (χ1) is 9.81. The number of nitrogens with one attached hydrogen (secondary N) is 1. The van der Waals surface area contributed by atoms with Crippen molar-refractivity contribution in [3.63, 3.8) is 0 Å². The molecule has 106 valence electrons. The summed E-state index contributed by atoms with van der Waals surface area (Å²) in [6.07, 6.45) is 5.88. The highest BCUT2D eigenvalue weighted by atomic mass is 32.2. The van der Waals surface area contributed by atoms with Gasteiger partial charge in [0.05, 0.1) is 6.04 Å². The summed E-state index contributed by atoms with van der Waals surface area (Å²) in [5.74, 6) is 1.85. The van der Waals surface area contributed by atoms with E-state index in [1.54, 1.807) is 0 Å². The lowest BCUT2D eigenvalue weighted by Crippen LogP contribution is -2.28. The third-order valence-electron chi connectivity index (χ3n) is 3.29. The Bertz CT molecular complexity index is 447. The van der Waals surface area contributed by atoms with Crippen LogP contribution in [-0.2, 0) is 0 Å². The van der Waals surface area contributed by atoms with Gasteiger partial charge in [0.1, 0.15) is 0 Å². The summed E-state index contributed by atoms with van der Waals surface area (Å²) >= 11 is 1.90. The van der Waals surface area contributed by atoms with Gasteiger partial charge in [0, 0.05) is 12.4 Å². The molecular weight excluding hydrogens is 264 g/mol. The summed E-state index contributed by atoms with van der Waals surface area (Å²) < 4.78 is 0. The van der Waals surface area contributed by atoms with Crippen molar-refractivity contribution in [2.45, 2.75) is 13.0 Å². The molecule has 1 aromatic carbocycles. The average Bonchev–Trinajstić information content (AvgIpc) is 2.50. The van der Waals surface area contributed by atoms with Crippen LogP contribution in [0.25, 0.3) is 0 Å². The van der Waals surface area contributed by atoms with E-state index in [4.69, 9.17) is 0 Å². The Morgan fingerprint density at radius 1 is 1.05 bits per heavy atom. The fraction of sp³-hybridized carbons (Fsp3) is 0.353. The summed E-state index contributed by atoms with van der Waals surface area (Å²) in [6, 6.07) is 15.0. The van der Waals surface area contributed by atoms with E-state index in [1.807, 2.05) is 24.2 Å². The number of hydrogen-bond donors (Lipinski definition) is 1. The first kappa shape index (κ1) is 15.1. The topological polar surface area (TPSA) is 24.9 Å². The molecule has 0 fully saturated rings. The number of nitrogens with zero attached hydrogens (tertiary/aromatic N) is 1. The van der Waals surface area contributed by atoms with E-state index in [0.29, 0.717) is 5.92 Å². The second kappa shape index (κ2) is 8.08. The highest BCUT2D eigenvalue weighted by Gasteiger charge is 2.14. The molecule has 0 bridgehead atoms. The normalized spacial score (nSPS) is 13.9. The molecule has 1 heterocycles. The van der Waals surface area contributed by atoms with Crippen molar-refractivity contribution >= 4 is 11.8 Å². The Morgan fingerprint density at radius 3 is 2.35 bits per heavy atom. The predicted octanol–water partition coefficient (Wildman–Crippen LogP) is 3.76. The molecule has 0 aliphatic carbocycles. The first-order valence-corrected chi connectivity index (χ1v) is 8.38. The maximum Gasteiger partial charge on any atom is 0.0577 e. The molecule has 1 aromatic heterocycles. The van der Waals surface area contributed by atoms with E-state index < -0.39 is 0 Å². The quantitative estimate of drug-likeness (QED) is 0.839. The Labute approximate surface area is 126 Å². The van der Waals surface area contributed by atoms with Crippen LogP contribution in [0.5, 0.6) is 0 Å². The minimum absolute atomic E-state index is 0.239. The van der Waals surface area contributed by atoms with Crippen molar-refractivity contribution in [1.82, 2.24) is 10.3 Å². The van der Waals surface area contributed by atoms with Crippen LogP contribution >= 0.6 is 11.8 Å². The van der Waals surface area contributed by atoms with Gasteiger partial charge in [-0.1, -0.05) is 37.3 Å². The van der Waals surface area contributed by atoms with E-state index in [9.17, 15) is 0 Å². The van der Waals surface area contributed by atoms with Crippen molar-refractivity contribution in [1.29, 1.82) is 0 Å². The lowest BCUT2D eigenvalue weighted by molar-refractivity contribution is 0.518. The van der Waals surface area contributed by atoms with Crippen molar-refractivity contribution < 1.29 is 0 Å². The highest BCUT2D eigenvalue weighted by Crippen LogP contribution is 2.21. The molecule has 2 nitrogen and oxygen atoms in total. The van der Waals surface area contributed by atoms with Gasteiger partial charge in [0.15, 0.2) is 0 Å². The standard InChI is InChI=1S/C17H22N2S/c1-14(13-20-2)12-19-17(15-6-4-3-5-7-15)16-8-10-18-11-9-16/h3-11,14,17,19H,12-13H2,1-2H3. The number of hydrogen-bond acceptors (Lipinski definition) is 3. The minimum Gasteiger partial charge on any atom is -0.306 e. The van der Waals surface area contributed by atoms with Crippen LogP contribution in [0.3, 0.4) is 0 Å². The van der Waals surface area contributed by atoms with Crippen LogP contribution in [-0.4, -0.2) is 23.5 Å². The molecule has 0 saturated carbocycles. The number of thioether (sulfide) groups is 1. The molecule has 0 saturated heterocycles. The van der Waals surface area contributed by atoms with Crippen LogP contribution < -0.4 is 5.32 Å². The zero-order valence-electron chi connectivity index (χ0n) is 12.1. The Morgan fingerprint density at radius 2 is 1.70 bits per heavy atom. The van der Waals surface area contributed by atoms with Crippen LogP contribution in [0, 0.1) is 5.92 Å². The molecule has 3 heteroatoms. The zero-order valence-corrected chi connectivity index (χ0v) is 12.9. The zero-order chi connectivity index (χ0) is 14.2. The lowest BCUT2D eigenvalue weighted by Gasteiger charge is -2.22. The molecular formula is C17H22N2S. The average molecular weight is 286 g/mol. The molecule has 2 rings (SSSR count). The fourth-order valence-electron chi connectivity index (χ4n) is 2.29. The molecule has 20 heavy (non-hydrogen) atoms. The SMILES string of the molecule is CSCC(C)CNC(c1ccccc1)c1ccncc1. The monoisotopic (exact) mass is 286 g/mol. The first-order valence-electron chi connectivity index (χ1n) is 6.98. The Balaban J connectivity index is 2.13. The summed E-state index contributed by atoms with van der Waals surface area (Å²) in [6.45, 7) is 3.31. The Kier molecular flexibility index (Phi) is 6.09. The number of aromatic nitrogens is 1. The smallest absolute Gasteiger partial charge is 0.0577 e. The molecule has 2 atom stereocenters. The number of rotatable bonds is 7. The van der Waals surface area contributed by atoms with Crippen molar-refractivity contribution in [2.75, 3.05) is 18.6 Å². The van der Waals surface area contributed by atoms with E-state index in [-0.39, 0.29) is 6.04 Å². The van der Waals surface area contributed by atoms with Crippen LogP contribution in [0.4, 0.5) is 0 Å². The van der Waals surface area contributed by atoms with Gasteiger partial charge in [0.2, 0.25) is 0 Å². The van der Waals surface area contributed by atoms with Crippen LogP contribution in [0.2, 0.25) is 0 Å². The molecule has 2 aromatic rings. The van der Waals surface area contributed by atoms with Crippen LogP contribution in [0.15, 0.2) is 54.9 Å². The van der Waals surface area contributed by atoms with Gasteiger partial charge in [0.25, 0.3) is 0 Å². The van der Waals surface area contributed by atoms with Crippen molar-refractivity contribution in [3.8, 4) is 0 Å². The van der Waals surface area contributed by atoms with Gasteiger partial charge in [-0.2, -0.15) is 11.8 Å². The summed E-state index contributed by atoms with van der Waals surface area (Å²) in [4.78, 5) is 4.12. The predicted molar refractivity (Wildman–Crippen MR) is 88.1 cm³/mol. The second-order valence-corrected chi connectivity index (χ2v) is 6.00. The van der Waals surface area contributed by atoms with Gasteiger partial charge in [-0.15, -0.1) is 0 Å². The Hall–Kier alpha value is -1.32. The van der Waals surface area contributed by atoms with Gasteiger partial charge in [-0.05, 0) is 47.7 Å². The summed E-state index contributed by atoms with van der Waals surface area (Å²) in [5.41, 5.74) is 2.57. The van der Waals surface area contributed by atoms with E-state index in [1.165, 1.54) is 16.9 Å². The third kappa shape index (κ3) is 4.36. The van der Waals surface area contributed by atoms with Crippen molar-refractivity contribution in [2.24, 2.45) is 5.92 Å².